The molecule has 8 heteroatoms. The summed E-state index contributed by atoms with van der Waals surface area (Å²) < 4.78 is 0. The third-order valence-electron chi connectivity index (χ3n) is 4.02. The van der Waals surface area contributed by atoms with E-state index in [0.717, 1.165) is 0 Å². The summed E-state index contributed by atoms with van der Waals surface area (Å²) in [7, 11) is 0. The van der Waals surface area contributed by atoms with Crippen LogP contribution in [0.5, 0.6) is 0 Å². The first-order chi connectivity index (χ1) is 11.5. The maximum absolute atomic E-state index is 12.6. The molecule has 0 bridgehead atoms. The molecule has 7 nitrogen and oxygen atoms in total. The van der Waals surface area contributed by atoms with Crippen molar-refractivity contribution in [1.29, 1.82) is 0 Å². The van der Waals surface area contributed by atoms with Crippen molar-refractivity contribution in [3.05, 3.63) is 56.8 Å². The van der Waals surface area contributed by atoms with Crippen LogP contribution in [-0.2, 0) is 4.79 Å². The lowest BCUT2D eigenvalue weighted by Crippen LogP contribution is -2.57. The van der Waals surface area contributed by atoms with E-state index in [0.29, 0.717) is 23.7 Å². The van der Waals surface area contributed by atoms with Crippen molar-refractivity contribution in [3.8, 4) is 0 Å². The molecule has 1 saturated heterocycles. The highest BCUT2D eigenvalue weighted by atomic mass is 32.1. The number of rotatable bonds is 3. The van der Waals surface area contributed by atoms with Crippen LogP contribution in [0.1, 0.15) is 16.6 Å². The van der Waals surface area contributed by atoms with Gasteiger partial charge in [0.15, 0.2) is 0 Å². The zero-order valence-electron chi connectivity index (χ0n) is 12.9. The number of anilines is 1. The first-order valence-electron chi connectivity index (χ1n) is 7.39. The summed E-state index contributed by atoms with van der Waals surface area (Å²) in [6.07, 6.45) is 0. The molecular weight excluding hydrogens is 330 g/mol. The zero-order chi connectivity index (χ0) is 17.3. The predicted octanol–water partition coefficient (Wildman–Crippen LogP) is 2.53. The van der Waals surface area contributed by atoms with E-state index in [1.54, 1.807) is 41.0 Å². The molecule has 0 radical (unpaired) electrons. The highest BCUT2D eigenvalue weighted by Gasteiger charge is 2.35. The lowest BCUT2D eigenvalue weighted by atomic mass is 10.1. The average molecular weight is 345 g/mol. The molecule has 24 heavy (non-hydrogen) atoms. The number of carbonyl (C=O) groups excluding carboxylic acids is 2. The molecule has 1 aromatic heterocycles. The second kappa shape index (κ2) is 6.40. The molecule has 124 valence electrons. The van der Waals surface area contributed by atoms with E-state index >= 15 is 0 Å². The first kappa shape index (κ1) is 16.1. The van der Waals surface area contributed by atoms with Gasteiger partial charge in [0, 0.05) is 30.9 Å². The summed E-state index contributed by atoms with van der Waals surface area (Å²) >= 11 is 1.35. The number of nitro benzene ring substituents is 1. The second-order valence-corrected chi connectivity index (χ2v) is 6.36. The van der Waals surface area contributed by atoms with Crippen LogP contribution in [0, 0.1) is 10.1 Å². The van der Waals surface area contributed by atoms with E-state index in [9.17, 15) is 19.7 Å². The number of nitrogens with zero attached hydrogens (tertiary/aromatic N) is 3. The van der Waals surface area contributed by atoms with Crippen LogP contribution in [0.3, 0.4) is 0 Å². The topological polar surface area (TPSA) is 83.8 Å². The Bertz CT molecular complexity index is 773. The summed E-state index contributed by atoms with van der Waals surface area (Å²) in [5.41, 5.74) is 0.575. The molecule has 2 heterocycles. The van der Waals surface area contributed by atoms with Gasteiger partial charge in [0.05, 0.1) is 9.80 Å². The van der Waals surface area contributed by atoms with Crippen molar-refractivity contribution < 1.29 is 14.5 Å². The Kier molecular flexibility index (Phi) is 4.30. The van der Waals surface area contributed by atoms with Gasteiger partial charge < -0.3 is 9.80 Å². The second-order valence-electron chi connectivity index (χ2n) is 5.42. The Balaban J connectivity index is 1.77. The molecule has 1 aromatic carbocycles. The van der Waals surface area contributed by atoms with E-state index in [-0.39, 0.29) is 17.5 Å². The number of nitro groups is 1. The first-order valence-corrected chi connectivity index (χ1v) is 8.27. The molecule has 1 aliphatic heterocycles. The van der Waals surface area contributed by atoms with Crippen LogP contribution in [0.25, 0.3) is 0 Å². The number of benzene rings is 1. The standard InChI is InChI=1S/C16H15N3O4S/c1-11-15(20)18(12-4-6-13(7-5-12)19(22)23)9-8-17(11)16(21)14-3-2-10-24-14/h2-7,10-11H,8-9H2,1H3. The maximum atomic E-state index is 12.6. The minimum absolute atomic E-state index is 0.0224. The molecule has 3 rings (SSSR count). The van der Waals surface area contributed by atoms with Crippen LogP contribution in [0.15, 0.2) is 41.8 Å². The molecule has 0 N–H and O–H groups in total. The minimum Gasteiger partial charge on any atom is -0.324 e. The van der Waals surface area contributed by atoms with Crippen molar-refractivity contribution in [1.82, 2.24) is 4.90 Å². The molecule has 0 spiro atoms. The zero-order valence-corrected chi connectivity index (χ0v) is 13.7. The number of hydrogen-bond donors (Lipinski definition) is 0. The quantitative estimate of drug-likeness (QED) is 0.632. The van der Waals surface area contributed by atoms with Crippen LogP contribution in [-0.4, -0.2) is 40.8 Å². The predicted molar refractivity (Wildman–Crippen MR) is 90.3 cm³/mol. The van der Waals surface area contributed by atoms with Crippen molar-refractivity contribution >= 4 is 34.5 Å². The van der Waals surface area contributed by atoms with E-state index in [2.05, 4.69) is 0 Å². The molecule has 0 saturated carbocycles. The van der Waals surface area contributed by atoms with Gasteiger partial charge in [0.2, 0.25) is 5.91 Å². The molecule has 1 atom stereocenters. The third-order valence-corrected chi connectivity index (χ3v) is 4.88. The van der Waals surface area contributed by atoms with Crippen LogP contribution < -0.4 is 4.90 Å². The number of non-ortho nitro benzene ring substituents is 1. The summed E-state index contributed by atoms with van der Waals surface area (Å²) in [6.45, 7) is 2.48. The number of hydrogen-bond acceptors (Lipinski definition) is 5. The lowest BCUT2D eigenvalue weighted by Gasteiger charge is -2.38. The molecule has 2 aromatic rings. The Morgan fingerprint density at radius 1 is 1.25 bits per heavy atom. The van der Waals surface area contributed by atoms with Crippen LogP contribution in [0.4, 0.5) is 11.4 Å². The molecule has 0 aliphatic carbocycles. The van der Waals surface area contributed by atoms with E-state index in [4.69, 9.17) is 0 Å². The van der Waals surface area contributed by atoms with Crippen molar-refractivity contribution in [2.24, 2.45) is 0 Å². The van der Waals surface area contributed by atoms with Gasteiger partial charge in [-0.1, -0.05) is 6.07 Å². The van der Waals surface area contributed by atoms with Crippen molar-refractivity contribution in [2.75, 3.05) is 18.0 Å². The summed E-state index contributed by atoms with van der Waals surface area (Å²) in [4.78, 5) is 39.1. The Morgan fingerprint density at radius 2 is 1.96 bits per heavy atom. The molecular formula is C16H15N3O4S. The summed E-state index contributed by atoms with van der Waals surface area (Å²) in [5, 5.41) is 12.5. The monoisotopic (exact) mass is 345 g/mol. The van der Waals surface area contributed by atoms with Gasteiger partial charge in [-0.25, -0.2) is 0 Å². The Labute approximate surface area is 142 Å². The Morgan fingerprint density at radius 3 is 2.54 bits per heavy atom. The van der Waals surface area contributed by atoms with Gasteiger partial charge in [-0.15, -0.1) is 11.3 Å². The highest BCUT2D eigenvalue weighted by molar-refractivity contribution is 7.12. The van der Waals surface area contributed by atoms with Crippen molar-refractivity contribution in [2.45, 2.75) is 13.0 Å². The number of carbonyl (C=O) groups is 2. The molecule has 1 aliphatic rings. The number of thiophene rings is 1. The SMILES string of the molecule is CC1C(=O)N(c2ccc([N+](=O)[O-])cc2)CCN1C(=O)c1cccs1. The van der Waals surface area contributed by atoms with Gasteiger partial charge in [0.25, 0.3) is 11.6 Å². The number of amides is 2. The third kappa shape index (κ3) is 2.88. The van der Waals surface area contributed by atoms with Crippen molar-refractivity contribution in [3.63, 3.8) is 0 Å². The summed E-state index contributed by atoms with van der Waals surface area (Å²) in [5.74, 6) is -0.339. The number of piperazine rings is 1. The maximum Gasteiger partial charge on any atom is 0.269 e. The largest absolute Gasteiger partial charge is 0.324 e. The minimum atomic E-state index is -0.580. The fourth-order valence-corrected chi connectivity index (χ4v) is 3.38. The van der Waals surface area contributed by atoms with Gasteiger partial charge >= 0.3 is 0 Å². The highest BCUT2D eigenvalue weighted by Crippen LogP contribution is 2.24. The lowest BCUT2D eigenvalue weighted by molar-refractivity contribution is -0.384. The summed E-state index contributed by atoms with van der Waals surface area (Å²) in [6, 6.07) is 8.82. The fraction of sp³-hybridized carbons (Fsp3) is 0.250. The van der Waals surface area contributed by atoms with E-state index < -0.39 is 11.0 Å². The van der Waals surface area contributed by atoms with Crippen LogP contribution >= 0.6 is 11.3 Å². The van der Waals surface area contributed by atoms with Gasteiger partial charge in [0.1, 0.15) is 6.04 Å². The normalized spacial score (nSPS) is 17.9. The average Bonchev–Trinajstić information content (AvgIpc) is 3.11. The van der Waals surface area contributed by atoms with Gasteiger partial charge in [-0.05, 0) is 30.5 Å². The molecule has 1 unspecified atom stereocenters. The molecule has 1 fully saturated rings. The smallest absolute Gasteiger partial charge is 0.269 e. The Hall–Kier alpha value is -2.74. The van der Waals surface area contributed by atoms with E-state index in [1.807, 2.05) is 5.38 Å². The fourth-order valence-electron chi connectivity index (χ4n) is 2.70. The van der Waals surface area contributed by atoms with Gasteiger partial charge in [-0.2, -0.15) is 0 Å². The van der Waals surface area contributed by atoms with E-state index in [1.165, 1.54) is 23.5 Å². The van der Waals surface area contributed by atoms with Gasteiger partial charge in [-0.3, -0.25) is 19.7 Å². The molecule has 2 amide bonds. The van der Waals surface area contributed by atoms with Crippen LogP contribution in [0.2, 0.25) is 0 Å².